The second kappa shape index (κ2) is 6.54. The number of carbonyl (C=O) groups excluding carboxylic acids is 1. The van der Waals surface area contributed by atoms with Crippen LogP contribution >= 0.6 is 0 Å². The molecule has 7 heteroatoms. The minimum absolute atomic E-state index is 0.138. The van der Waals surface area contributed by atoms with Crippen molar-refractivity contribution in [3.8, 4) is 23.3 Å². The van der Waals surface area contributed by atoms with Crippen LogP contribution in [-0.2, 0) is 4.74 Å². The lowest BCUT2D eigenvalue weighted by molar-refractivity contribution is 0.0315. The van der Waals surface area contributed by atoms with Crippen LogP contribution in [0.25, 0.3) is 11.4 Å². The lowest BCUT2D eigenvalue weighted by atomic mass is 10.1. The topological polar surface area (TPSA) is 122 Å². The second-order valence-corrected chi connectivity index (χ2v) is 5.64. The molecule has 122 valence electrons. The number of nitrogen functional groups attached to an aromatic ring is 1. The van der Waals surface area contributed by atoms with E-state index in [1.54, 1.807) is 24.3 Å². The molecule has 0 aliphatic heterocycles. The first-order chi connectivity index (χ1) is 11.6. The summed E-state index contributed by atoms with van der Waals surface area (Å²) in [6.45, 7) is 0. The van der Waals surface area contributed by atoms with E-state index < -0.39 is 11.8 Å². The van der Waals surface area contributed by atoms with Crippen LogP contribution in [0.1, 0.15) is 41.6 Å². The van der Waals surface area contributed by atoms with Gasteiger partial charge in [0, 0.05) is 5.56 Å². The Balaban J connectivity index is 1.90. The number of hydrogen-bond acceptors (Lipinski definition) is 7. The summed E-state index contributed by atoms with van der Waals surface area (Å²) in [7, 11) is 0. The van der Waals surface area contributed by atoms with Gasteiger partial charge < -0.3 is 15.6 Å². The molecular formula is C17H16N4O3. The molecular weight excluding hydrogens is 308 g/mol. The molecule has 1 fully saturated rings. The van der Waals surface area contributed by atoms with Gasteiger partial charge in [0.15, 0.2) is 11.4 Å². The summed E-state index contributed by atoms with van der Waals surface area (Å²) in [6.07, 6.45) is 3.51. The fourth-order valence-corrected chi connectivity index (χ4v) is 2.74. The number of aromatic nitrogens is 2. The number of hydrogen-bond donors (Lipinski definition) is 2. The Morgan fingerprint density at radius 3 is 2.75 bits per heavy atom. The predicted octanol–water partition coefficient (Wildman–Crippen LogP) is 2.40. The van der Waals surface area contributed by atoms with Gasteiger partial charge in [0.25, 0.3) is 0 Å². The SMILES string of the molecule is N#Cc1cccc(-c2nc(N)c(C(=O)OC3CCCC3)c(O)n2)c1. The first kappa shape index (κ1) is 15.7. The number of nitrogens with zero attached hydrogens (tertiary/aromatic N) is 3. The first-order valence-electron chi connectivity index (χ1n) is 7.66. The Morgan fingerprint density at radius 2 is 2.08 bits per heavy atom. The highest BCUT2D eigenvalue weighted by Gasteiger charge is 2.26. The highest BCUT2D eigenvalue weighted by atomic mass is 16.5. The van der Waals surface area contributed by atoms with Gasteiger partial charge in [-0.2, -0.15) is 10.2 Å². The van der Waals surface area contributed by atoms with Gasteiger partial charge in [-0.1, -0.05) is 12.1 Å². The molecule has 0 saturated heterocycles. The van der Waals surface area contributed by atoms with Crippen molar-refractivity contribution in [1.82, 2.24) is 9.97 Å². The molecule has 0 amide bonds. The summed E-state index contributed by atoms with van der Waals surface area (Å²) in [4.78, 5) is 20.2. The summed E-state index contributed by atoms with van der Waals surface area (Å²) in [5, 5.41) is 19.1. The van der Waals surface area contributed by atoms with Crippen molar-refractivity contribution in [2.45, 2.75) is 31.8 Å². The summed E-state index contributed by atoms with van der Waals surface area (Å²) >= 11 is 0. The van der Waals surface area contributed by atoms with E-state index in [1.165, 1.54) is 0 Å². The maximum absolute atomic E-state index is 12.2. The number of aromatic hydroxyl groups is 1. The van der Waals surface area contributed by atoms with Crippen LogP contribution in [0, 0.1) is 11.3 Å². The van der Waals surface area contributed by atoms with Gasteiger partial charge in [-0.25, -0.2) is 9.78 Å². The molecule has 0 bridgehead atoms. The molecule has 2 aromatic rings. The fraction of sp³-hybridized carbons (Fsp3) is 0.294. The Labute approximate surface area is 138 Å². The highest BCUT2D eigenvalue weighted by molar-refractivity contribution is 5.96. The minimum Gasteiger partial charge on any atom is -0.493 e. The van der Waals surface area contributed by atoms with Crippen molar-refractivity contribution >= 4 is 11.8 Å². The van der Waals surface area contributed by atoms with Gasteiger partial charge in [-0.15, -0.1) is 0 Å². The molecule has 3 N–H and O–H groups in total. The smallest absolute Gasteiger partial charge is 0.347 e. The molecule has 0 unspecified atom stereocenters. The van der Waals surface area contributed by atoms with Crippen LogP contribution in [0.5, 0.6) is 5.88 Å². The third-order valence-electron chi connectivity index (χ3n) is 3.95. The Hall–Kier alpha value is -3.14. The number of nitrogens with two attached hydrogens (primary N) is 1. The summed E-state index contributed by atoms with van der Waals surface area (Å²) in [5.74, 6) is -1.25. The number of ether oxygens (including phenoxy) is 1. The normalized spacial score (nSPS) is 14.3. The monoisotopic (exact) mass is 324 g/mol. The van der Waals surface area contributed by atoms with Gasteiger partial charge in [0.2, 0.25) is 5.88 Å². The van der Waals surface area contributed by atoms with Crippen molar-refractivity contribution < 1.29 is 14.6 Å². The standard InChI is InChI=1S/C17H16N4O3/c18-9-10-4-3-5-11(8-10)15-20-14(19)13(16(22)21-15)17(23)24-12-6-1-2-7-12/h3-5,8,12H,1-2,6-7H2,(H3,19,20,21,22). The average molecular weight is 324 g/mol. The zero-order chi connectivity index (χ0) is 17.1. The zero-order valence-electron chi connectivity index (χ0n) is 12.9. The molecule has 0 atom stereocenters. The largest absolute Gasteiger partial charge is 0.493 e. The summed E-state index contributed by atoms with van der Waals surface area (Å²) in [5.41, 5.74) is 6.56. The van der Waals surface area contributed by atoms with E-state index >= 15 is 0 Å². The quantitative estimate of drug-likeness (QED) is 0.831. The average Bonchev–Trinajstić information content (AvgIpc) is 3.07. The number of esters is 1. The van der Waals surface area contributed by atoms with Gasteiger partial charge >= 0.3 is 5.97 Å². The number of nitriles is 1. The van der Waals surface area contributed by atoms with E-state index in [0.717, 1.165) is 25.7 Å². The molecule has 1 aliphatic carbocycles. The molecule has 0 spiro atoms. The van der Waals surface area contributed by atoms with Crippen molar-refractivity contribution in [2.75, 3.05) is 5.73 Å². The van der Waals surface area contributed by atoms with Crippen LogP contribution in [-0.4, -0.2) is 27.1 Å². The number of benzene rings is 1. The van der Waals surface area contributed by atoms with Gasteiger partial charge in [0.05, 0.1) is 11.6 Å². The summed E-state index contributed by atoms with van der Waals surface area (Å²) in [6, 6.07) is 8.59. The van der Waals surface area contributed by atoms with E-state index in [4.69, 9.17) is 15.7 Å². The number of rotatable bonds is 3. The lowest BCUT2D eigenvalue weighted by Gasteiger charge is -2.13. The fourth-order valence-electron chi connectivity index (χ4n) is 2.74. The third kappa shape index (κ3) is 3.13. The molecule has 1 saturated carbocycles. The van der Waals surface area contributed by atoms with E-state index in [1.807, 2.05) is 6.07 Å². The van der Waals surface area contributed by atoms with Crippen molar-refractivity contribution in [3.63, 3.8) is 0 Å². The molecule has 3 rings (SSSR count). The highest BCUT2D eigenvalue weighted by Crippen LogP contribution is 2.28. The molecule has 24 heavy (non-hydrogen) atoms. The first-order valence-corrected chi connectivity index (χ1v) is 7.66. The maximum Gasteiger partial charge on any atom is 0.347 e. The minimum atomic E-state index is -0.714. The van der Waals surface area contributed by atoms with Crippen molar-refractivity contribution in [3.05, 3.63) is 35.4 Å². The molecule has 1 aliphatic rings. The molecule has 1 heterocycles. The predicted molar refractivity (Wildman–Crippen MR) is 85.9 cm³/mol. The van der Waals surface area contributed by atoms with E-state index in [0.29, 0.717) is 11.1 Å². The third-order valence-corrected chi connectivity index (χ3v) is 3.95. The molecule has 1 aromatic heterocycles. The Kier molecular flexibility index (Phi) is 4.29. The van der Waals surface area contributed by atoms with Crippen LogP contribution in [0.3, 0.4) is 0 Å². The van der Waals surface area contributed by atoms with Gasteiger partial charge in [-0.3, -0.25) is 0 Å². The molecule has 7 nitrogen and oxygen atoms in total. The van der Waals surface area contributed by atoms with Gasteiger partial charge in [-0.05, 0) is 37.8 Å². The van der Waals surface area contributed by atoms with E-state index in [2.05, 4.69) is 9.97 Å². The zero-order valence-corrected chi connectivity index (χ0v) is 12.9. The van der Waals surface area contributed by atoms with Crippen LogP contribution in [0.4, 0.5) is 5.82 Å². The van der Waals surface area contributed by atoms with E-state index in [9.17, 15) is 9.90 Å². The molecule has 1 aromatic carbocycles. The van der Waals surface area contributed by atoms with Gasteiger partial charge in [0.1, 0.15) is 11.9 Å². The Morgan fingerprint density at radius 1 is 1.33 bits per heavy atom. The van der Waals surface area contributed by atoms with E-state index in [-0.39, 0.29) is 23.3 Å². The molecule has 0 radical (unpaired) electrons. The van der Waals surface area contributed by atoms with Crippen LogP contribution in [0.15, 0.2) is 24.3 Å². The van der Waals surface area contributed by atoms with Crippen molar-refractivity contribution in [2.24, 2.45) is 0 Å². The van der Waals surface area contributed by atoms with Crippen molar-refractivity contribution in [1.29, 1.82) is 5.26 Å². The Bertz CT molecular complexity index is 800. The second-order valence-electron chi connectivity index (χ2n) is 5.64. The number of anilines is 1. The van der Waals surface area contributed by atoms with Crippen LogP contribution in [0.2, 0.25) is 0 Å². The lowest BCUT2D eigenvalue weighted by Crippen LogP contribution is -2.17. The number of carbonyl (C=O) groups is 1. The summed E-state index contributed by atoms with van der Waals surface area (Å²) < 4.78 is 5.34. The van der Waals surface area contributed by atoms with Crippen LogP contribution < -0.4 is 5.73 Å². The maximum atomic E-state index is 12.2.